The molecule has 1 aliphatic rings. The molecular formula is C14H17NO3S. The summed E-state index contributed by atoms with van der Waals surface area (Å²) in [5.74, 6) is -0.427. The van der Waals surface area contributed by atoms with Crippen LogP contribution in [-0.2, 0) is 16.3 Å². The van der Waals surface area contributed by atoms with E-state index in [0.29, 0.717) is 0 Å². The third-order valence-corrected chi connectivity index (χ3v) is 5.55. The standard InChI is InChI=1S/C14H17NO3S/c1-3-10-4-6-11(7-5-10)12-13(19(2,17)18)14(12,8-15)9-16/h4-7,12-13,16H,3,9H2,1-2H3/t12-,13+,14-/m0/s1. The lowest BCUT2D eigenvalue weighted by atomic mass is 10.00. The second-order valence-electron chi connectivity index (χ2n) is 5.13. The molecule has 0 unspecified atom stereocenters. The van der Waals surface area contributed by atoms with E-state index in [1.54, 1.807) is 0 Å². The predicted molar refractivity (Wildman–Crippen MR) is 72.3 cm³/mol. The first-order valence-corrected chi connectivity index (χ1v) is 8.16. The highest BCUT2D eigenvalue weighted by atomic mass is 32.2. The van der Waals surface area contributed by atoms with Crippen LogP contribution in [0.3, 0.4) is 0 Å². The van der Waals surface area contributed by atoms with Gasteiger partial charge in [0.25, 0.3) is 0 Å². The van der Waals surface area contributed by atoms with Gasteiger partial charge in [-0.3, -0.25) is 0 Å². The van der Waals surface area contributed by atoms with E-state index in [-0.39, 0.29) is 0 Å². The van der Waals surface area contributed by atoms with E-state index in [1.807, 2.05) is 37.3 Å². The van der Waals surface area contributed by atoms with Crippen LogP contribution in [0.25, 0.3) is 0 Å². The summed E-state index contributed by atoms with van der Waals surface area (Å²) in [6.45, 7) is 1.61. The molecule has 19 heavy (non-hydrogen) atoms. The van der Waals surface area contributed by atoms with Gasteiger partial charge in [0.05, 0.1) is 17.9 Å². The molecule has 0 aromatic heterocycles. The van der Waals surface area contributed by atoms with Crippen molar-refractivity contribution in [2.75, 3.05) is 12.9 Å². The molecule has 0 spiro atoms. The fraction of sp³-hybridized carbons (Fsp3) is 0.500. The first kappa shape index (κ1) is 14.0. The quantitative estimate of drug-likeness (QED) is 0.900. The summed E-state index contributed by atoms with van der Waals surface area (Å²) in [6, 6.07) is 9.60. The van der Waals surface area contributed by atoms with Gasteiger partial charge >= 0.3 is 0 Å². The Labute approximate surface area is 113 Å². The van der Waals surface area contributed by atoms with Gasteiger partial charge in [-0.15, -0.1) is 0 Å². The molecule has 1 aromatic rings. The van der Waals surface area contributed by atoms with Crippen molar-refractivity contribution in [2.45, 2.75) is 24.5 Å². The summed E-state index contributed by atoms with van der Waals surface area (Å²) in [5.41, 5.74) is 0.788. The smallest absolute Gasteiger partial charge is 0.152 e. The fourth-order valence-electron chi connectivity index (χ4n) is 2.82. The Bertz CT molecular complexity index is 615. The molecule has 4 nitrogen and oxygen atoms in total. The Kier molecular flexibility index (Phi) is 3.41. The van der Waals surface area contributed by atoms with Gasteiger partial charge in [0, 0.05) is 12.2 Å². The average molecular weight is 279 g/mol. The molecule has 2 rings (SSSR count). The van der Waals surface area contributed by atoms with Crippen LogP contribution in [0, 0.1) is 16.7 Å². The first-order chi connectivity index (χ1) is 8.90. The van der Waals surface area contributed by atoms with Crippen molar-refractivity contribution in [1.82, 2.24) is 0 Å². The van der Waals surface area contributed by atoms with Crippen LogP contribution >= 0.6 is 0 Å². The van der Waals surface area contributed by atoms with Crippen molar-refractivity contribution in [3.63, 3.8) is 0 Å². The lowest BCUT2D eigenvalue weighted by Gasteiger charge is -2.04. The lowest BCUT2D eigenvalue weighted by molar-refractivity contribution is 0.242. The largest absolute Gasteiger partial charge is 0.395 e. The second-order valence-corrected chi connectivity index (χ2v) is 7.30. The zero-order chi connectivity index (χ0) is 14.3. The fourth-order valence-corrected chi connectivity index (χ4v) is 4.68. The molecular weight excluding hydrogens is 262 g/mol. The van der Waals surface area contributed by atoms with Gasteiger partial charge in [0.1, 0.15) is 5.41 Å². The van der Waals surface area contributed by atoms with Gasteiger partial charge < -0.3 is 5.11 Å². The van der Waals surface area contributed by atoms with Crippen molar-refractivity contribution in [3.05, 3.63) is 35.4 Å². The van der Waals surface area contributed by atoms with E-state index in [2.05, 4.69) is 0 Å². The Morgan fingerprint density at radius 3 is 2.26 bits per heavy atom. The molecule has 0 saturated heterocycles. The molecule has 1 aliphatic carbocycles. The van der Waals surface area contributed by atoms with Crippen LogP contribution in [0.2, 0.25) is 0 Å². The number of benzene rings is 1. The number of rotatable bonds is 4. The maximum atomic E-state index is 11.8. The van der Waals surface area contributed by atoms with E-state index in [1.165, 1.54) is 0 Å². The minimum Gasteiger partial charge on any atom is -0.395 e. The van der Waals surface area contributed by atoms with Gasteiger partial charge in [-0.05, 0) is 17.5 Å². The van der Waals surface area contributed by atoms with Crippen LogP contribution < -0.4 is 0 Å². The number of sulfone groups is 1. The summed E-state index contributed by atoms with van der Waals surface area (Å²) in [6.07, 6.45) is 2.03. The van der Waals surface area contributed by atoms with Gasteiger partial charge in [-0.2, -0.15) is 5.26 Å². The average Bonchev–Trinajstić information content (AvgIpc) is 3.09. The third kappa shape index (κ3) is 2.15. The number of nitriles is 1. The molecule has 0 bridgehead atoms. The Morgan fingerprint density at radius 2 is 1.95 bits per heavy atom. The molecule has 0 amide bonds. The van der Waals surface area contributed by atoms with Crippen molar-refractivity contribution >= 4 is 9.84 Å². The zero-order valence-corrected chi connectivity index (χ0v) is 11.8. The van der Waals surface area contributed by atoms with Crippen LogP contribution in [-0.4, -0.2) is 31.6 Å². The molecule has 5 heteroatoms. The molecule has 102 valence electrons. The number of hydrogen-bond donors (Lipinski definition) is 1. The SMILES string of the molecule is CCc1ccc([C@H]2[C@@H](S(C)(=O)=O)[C@@]2(C#N)CO)cc1. The van der Waals surface area contributed by atoms with Crippen molar-refractivity contribution in [1.29, 1.82) is 5.26 Å². The predicted octanol–water partition coefficient (Wildman–Crippen LogP) is 1.26. The summed E-state index contributed by atoms with van der Waals surface area (Å²) < 4.78 is 23.5. The Balaban J connectivity index is 2.41. The number of aliphatic hydroxyl groups excluding tert-OH is 1. The summed E-state index contributed by atoms with van der Waals surface area (Å²) in [4.78, 5) is 0. The molecule has 1 fully saturated rings. The van der Waals surface area contributed by atoms with Crippen LogP contribution in [0.5, 0.6) is 0 Å². The van der Waals surface area contributed by atoms with Crippen LogP contribution in [0.1, 0.15) is 24.0 Å². The van der Waals surface area contributed by atoms with Gasteiger partial charge in [0.2, 0.25) is 0 Å². The lowest BCUT2D eigenvalue weighted by Crippen LogP contribution is -2.16. The number of hydrogen-bond acceptors (Lipinski definition) is 4. The molecule has 0 aliphatic heterocycles. The van der Waals surface area contributed by atoms with Gasteiger partial charge in [-0.25, -0.2) is 8.42 Å². The third-order valence-electron chi connectivity index (χ3n) is 3.93. The van der Waals surface area contributed by atoms with Crippen molar-refractivity contribution in [2.24, 2.45) is 5.41 Å². The van der Waals surface area contributed by atoms with Crippen LogP contribution in [0.15, 0.2) is 24.3 Å². The minimum atomic E-state index is -3.36. The summed E-state index contributed by atoms with van der Waals surface area (Å²) >= 11 is 0. The molecule has 3 atom stereocenters. The molecule has 1 N–H and O–H groups in total. The summed E-state index contributed by atoms with van der Waals surface area (Å²) in [7, 11) is -3.36. The number of aryl methyl sites for hydroxylation is 1. The van der Waals surface area contributed by atoms with E-state index in [4.69, 9.17) is 0 Å². The minimum absolute atomic E-state index is 0.427. The topological polar surface area (TPSA) is 78.2 Å². The van der Waals surface area contributed by atoms with Crippen LogP contribution in [0.4, 0.5) is 0 Å². The molecule has 0 heterocycles. The van der Waals surface area contributed by atoms with E-state index in [9.17, 15) is 18.8 Å². The van der Waals surface area contributed by atoms with Crippen molar-refractivity contribution < 1.29 is 13.5 Å². The molecule has 1 saturated carbocycles. The highest BCUT2D eigenvalue weighted by molar-refractivity contribution is 7.91. The highest BCUT2D eigenvalue weighted by Crippen LogP contribution is 2.62. The highest BCUT2D eigenvalue weighted by Gasteiger charge is 2.70. The Hall–Kier alpha value is -1.38. The maximum absolute atomic E-state index is 11.8. The summed E-state index contributed by atoms with van der Waals surface area (Å²) in [5, 5.41) is 17.9. The van der Waals surface area contributed by atoms with Gasteiger partial charge in [-0.1, -0.05) is 31.2 Å². The van der Waals surface area contributed by atoms with E-state index >= 15 is 0 Å². The van der Waals surface area contributed by atoms with E-state index in [0.717, 1.165) is 23.8 Å². The van der Waals surface area contributed by atoms with Gasteiger partial charge in [0.15, 0.2) is 9.84 Å². The number of nitrogens with zero attached hydrogens (tertiary/aromatic N) is 1. The second kappa shape index (κ2) is 4.62. The monoisotopic (exact) mass is 279 g/mol. The Morgan fingerprint density at radius 1 is 1.37 bits per heavy atom. The molecule has 1 aromatic carbocycles. The normalized spacial score (nSPS) is 29.8. The molecule has 0 radical (unpaired) electrons. The van der Waals surface area contributed by atoms with E-state index < -0.39 is 33.0 Å². The maximum Gasteiger partial charge on any atom is 0.152 e. The van der Waals surface area contributed by atoms with Crippen molar-refractivity contribution in [3.8, 4) is 6.07 Å². The zero-order valence-electron chi connectivity index (χ0n) is 11.0. The first-order valence-electron chi connectivity index (χ1n) is 6.20. The number of aliphatic hydroxyl groups is 1.